The van der Waals surface area contributed by atoms with E-state index < -0.39 is 0 Å². The summed E-state index contributed by atoms with van der Waals surface area (Å²) < 4.78 is 6.45. The van der Waals surface area contributed by atoms with E-state index in [2.05, 4.69) is 13.0 Å². The van der Waals surface area contributed by atoms with Gasteiger partial charge >= 0.3 is 0 Å². The summed E-state index contributed by atoms with van der Waals surface area (Å²) in [6.07, 6.45) is 18.1. The third-order valence-corrected chi connectivity index (χ3v) is 7.10. The average molecular weight is 318 g/mol. The van der Waals surface area contributed by atoms with E-state index in [1.807, 2.05) is 0 Å². The molecule has 0 atom stereocenters. The molecule has 0 aromatic heterocycles. The van der Waals surface area contributed by atoms with Crippen molar-refractivity contribution in [1.82, 2.24) is 0 Å². The lowest BCUT2D eigenvalue weighted by molar-refractivity contribution is -0.0607. The van der Waals surface area contributed by atoms with Crippen molar-refractivity contribution in [1.29, 1.82) is 5.26 Å². The Hall–Kier alpha value is -0.550. The van der Waals surface area contributed by atoms with E-state index >= 15 is 0 Å². The molecule has 0 aliphatic heterocycles. The Morgan fingerprint density at radius 3 is 1.70 bits per heavy atom. The number of hydrogen-bond donors (Lipinski definition) is 0. The highest BCUT2D eigenvalue weighted by Gasteiger charge is 2.32. The molecule has 0 bridgehead atoms. The molecule has 0 amide bonds. The van der Waals surface area contributed by atoms with Crippen LogP contribution in [0, 0.1) is 35.0 Å². The Labute approximate surface area is 143 Å². The van der Waals surface area contributed by atoms with Gasteiger partial charge in [0.1, 0.15) is 0 Å². The fraction of sp³-hybridized carbons (Fsp3) is 0.952. The van der Waals surface area contributed by atoms with Crippen LogP contribution in [0.3, 0.4) is 0 Å². The summed E-state index contributed by atoms with van der Waals surface area (Å²) in [5, 5.41) is 9.04. The minimum absolute atomic E-state index is 0.351. The highest BCUT2D eigenvalue weighted by molar-refractivity contribution is 4.90. The van der Waals surface area contributed by atoms with Gasteiger partial charge in [-0.15, -0.1) is 0 Å². The molecule has 0 N–H and O–H groups in total. The van der Waals surface area contributed by atoms with Crippen molar-refractivity contribution in [3.63, 3.8) is 0 Å². The van der Waals surface area contributed by atoms with Gasteiger partial charge in [0.2, 0.25) is 0 Å². The van der Waals surface area contributed by atoms with Crippen molar-refractivity contribution in [3.05, 3.63) is 0 Å². The van der Waals surface area contributed by atoms with Gasteiger partial charge in [-0.05, 0) is 94.8 Å². The third kappa shape index (κ3) is 4.72. The molecule has 0 radical (unpaired) electrons. The lowest BCUT2D eigenvalue weighted by Crippen LogP contribution is -2.32. The maximum atomic E-state index is 9.04. The molecule has 3 saturated carbocycles. The molecule has 3 aliphatic carbocycles. The topological polar surface area (TPSA) is 33.0 Å². The zero-order chi connectivity index (χ0) is 16.1. The van der Waals surface area contributed by atoms with Crippen molar-refractivity contribution >= 4 is 0 Å². The van der Waals surface area contributed by atoms with Gasteiger partial charge in [-0.25, -0.2) is 0 Å². The average Bonchev–Trinajstić information content (AvgIpc) is 2.63. The van der Waals surface area contributed by atoms with Crippen LogP contribution in [0.4, 0.5) is 0 Å². The quantitative estimate of drug-likeness (QED) is 0.650. The molecule has 0 unspecified atom stereocenters. The fourth-order valence-electron chi connectivity index (χ4n) is 5.36. The molecule has 130 valence electrons. The van der Waals surface area contributed by atoms with Crippen molar-refractivity contribution in [2.45, 2.75) is 103 Å². The summed E-state index contributed by atoms with van der Waals surface area (Å²) >= 11 is 0. The van der Waals surface area contributed by atoms with E-state index in [1.165, 1.54) is 70.6 Å². The van der Waals surface area contributed by atoms with E-state index in [4.69, 9.17) is 10.00 Å². The summed E-state index contributed by atoms with van der Waals surface area (Å²) in [5.74, 6) is 3.14. The van der Waals surface area contributed by atoms with Gasteiger partial charge in [0.15, 0.2) is 0 Å². The highest BCUT2D eigenvalue weighted by Crippen LogP contribution is 2.41. The van der Waals surface area contributed by atoms with Crippen molar-refractivity contribution in [2.24, 2.45) is 23.7 Å². The fourth-order valence-corrected chi connectivity index (χ4v) is 5.36. The molecule has 0 aromatic carbocycles. The molecule has 2 nitrogen and oxygen atoms in total. The second-order valence-corrected chi connectivity index (χ2v) is 8.46. The van der Waals surface area contributed by atoms with Gasteiger partial charge in [0, 0.05) is 5.92 Å². The van der Waals surface area contributed by atoms with Crippen LogP contribution in [0.5, 0.6) is 0 Å². The number of nitrogens with zero attached hydrogens (tertiary/aromatic N) is 1. The van der Waals surface area contributed by atoms with Crippen molar-refractivity contribution < 1.29 is 4.74 Å². The Kier molecular flexibility index (Phi) is 6.40. The molecule has 3 fully saturated rings. The molecule has 23 heavy (non-hydrogen) atoms. The van der Waals surface area contributed by atoms with Crippen molar-refractivity contribution in [2.75, 3.05) is 0 Å². The summed E-state index contributed by atoms with van der Waals surface area (Å²) in [4.78, 5) is 0. The minimum atomic E-state index is 0.351. The maximum absolute atomic E-state index is 9.04. The number of rotatable bonds is 4. The van der Waals surface area contributed by atoms with E-state index in [0.29, 0.717) is 18.1 Å². The molecular weight excluding hydrogens is 282 g/mol. The number of ether oxygens (including phenoxy) is 1. The molecule has 3 rings (SSSR count). The predicted molar refractivity (Wildman–Crippen MR) is 93.9 cm³/mol. The summed E-state index contributed by atoms with van der Waals surface area (Å²) in [7, 11) is 0. The van der Waals surface area contributed by atoms with Gasteiger partial charge in [0.25, 0.3) is 0 Å². The van der Waals surface area contributed by atoms with Crippen LogP contribution in [-0.4, -0.2) is 12.2 Å². The maximum Gasteiger partial charge on any atom is 0.0655 e. The Balaban J connectivity index is 1.35. The first-order valence-electron chi connectivity index (χ1n) is 10.3. The highest BCUT2D eigenvalue weighted by atomic mass is 16.5. The molecule has 0 aromatic rings. The van der Waals surface area contributed by atoms with Crippen LogP contribution in [0.25, 0.3) is 0 Å². The van der Waals surface area contributed by atoms with E-state index in [9.17, 15) is 0 Å². The second kappa shape index (κ2) is 8.52. The number of hydrogen-bond acceptors (Lipinski definition) is 2. The first-order valence-corrected chi connectivity index (χ1v) is 10.3. The standard InChI is InChI=1S/C21H35NO/c1-2-16-5-11-20(12-6-16)23-21-13-9-19(10-14-21)18-7-3-17(15-22)4-8-18/h16-21H,2-14H2,1H3. The first kappa shape index (κ1) is 17.3. The molecule has 0 saturated heterocycles. The normalized spacial score (nSPS) is 42.1. The summed E-state index contributed by atoms with van der Waals surface area (Å²) in [5.41, 5.74) is 0. The third-order valence-electron chi connectivity index (χ3n) is 7.10. The monoisotopic (exact) mass is 317 g/mol. The molecule has 0 heterocycles. The van der Waals surface area contributed by atoms with Crippen LogP contribution in [0.2, 0.25) is 0 Å². The van der Waals surface area contributed by atoms with Crippen molar-refractivity contribution in [3.8, 4) is 6.07 Å². The van der Waals surface area contributed by atoms with Crippen LogP contribution in [-0.2, 0) is 4.74 Å². The summed E-state index contributed by atoms with van der Waals surface area (Å²) in [6, 6.07) is 2.47. The molecule has 0 spiro atoms. The van der Waals surface area contributed by atoms with Crippen LogP contribution >= 0.6 is 0 Å². The Bertz CT molecular complexity index is 377. The van der Waals surface area contributed by atoms with Gasteiger partial charge in [0.05, 0.1) is 18.3 Å². The molecule has 2 heteroatoms. The second-order valence-electron chi connectivity index (χ2n) is 8.46. The SMILES string of the molecule is CCC1CCC(OC2CCC(C3CCC(C#N)CC3)CC2)CC1. The van der Waals surface area contributed by atoms with Crippen LogP contribution in [0.1, 0.15) is 90.4 Å². The largest absolute Gasteiger partial charge is 0.375 e. The molecular formula is C21H35NO. The van der Waals surface area contributed by atoms with Gasteiger partial charge in [-0.2, -0.15) is 5.26 Å². The zero-order valence-corrected chi connectivity index (χ0v) is 15.0. The van der Waals surface area contributed by atoms with E-state index in [-0.39, 0.29) is 0 Å². The lowest BCUT2D eigenvalue weighted by atomic mass is 9.71. The van der Waals surface area contributed by atoms with Gasteiger partial charge < -0.3 is 4.74 Å². The van der Waals surface area contributed by atoms with Crippen LogP contribution in [0.15, 0.2) is 0 Å². The minimum Gasteiger partial charge on any atom is -0.375 e. The molecule has 3 aliphatic rings. The van der Waals surface area contributed by atoms with E-state index in [0.717, 1.165) is 30.6 Å². The van der Waals surface area contributed by atoms with Gasteiger partial charge in [-0.1, -0.05) is 13.3 Å². The van der Waals surface area contributed by atoms with Gasteiger partial charge in [-0.3, -0.25) is 0 Å². The predicted octanol–water partition coefficient (Wildman–Crippen LogP) is 5.86. The Morgan fingerprint density at radius 2 is 1.22 bits per heavy atom. The Morgan fingerprint density at radius 1 is 0.739 bits per heavy atom. The zero-order valence-electron chi connectivity index (χ0n) is 15.0. The van der Waals surface area contributed by atoms with Crippen LogP contribution < -0.4 is 0 Å². The number of nitriles is 1. The lowest BCUT2D eigenvalue weighted by Gasteiger charge is -2.38. The smallest absolute Gasteiger partial charge is 0.0655 e. The first-order chi connectivity index (χ1) is 11.3. The van der Waals surface area contributed by atoms with E-state index in [1.54, 1.807) is 0 Å². The summed E-state index contributed by atoms with van der Waals surface area (Å²) in [6.45, 7) is 2.33.